The molecule has 3 aromatic rings. The molecule has 0 aromatic carbocycles. The van der Waals surface area contributed by atoms with Crippen molar-refractivity contribution in [3.8, 4) is 0 Å². The lowest BCUT2D eigenvalue weighted by molar-refractivity contribution is -0.127. The molecular weight excluding hydrogens is 454 g/mol. The van der Waals surface area contributed by atoms with Crippen LogP contribution in [-0.4, -0.2) is 79.7 Å². The molecule has 3 N–H and O–H groups in total. The fourth-order valence-corrected chi connectivity index (χ4v) is 5.54. The van der Waals surface area contributed by atoms with Gasteiger partial charge in [0.25, 0.3) is 0 Å². The molecule has 10 heteroatoms. The third-order valence-electron chi connectivity index (χ3n) is 7.75. The van der Waals surface area contributed by atoms with Gasteiger partial charge in [-0.25, -0.2) is 0 Å². The highest BCUT2D eigenvalue weighted by Gasteiger charge is 2.30. The van der Waals surface area contributed by atoms with Crippen molar-refractivity contribution in [2.75, 3.05) is 43.9 Å². The van der Waals surface area contributed by atoms with Gasteiger partial charge in [0, 0.05) is 31.5 Å². The van der Waals surface area contributed by atoms with E-state index in [2.05, 4.69) is 56.3 Å². The number of fused-ring (bicyclic) bond motifs is 1. The second kappa shape index (κ2) is 9.57. The molecule has 6 rings (SSSR count). The monoisotopic (exact) mass is 489 g/mol. The Balaban J connectivity index is 1.25. The molecule has 190 valence electrons. The van der Waals surface area contributed by atoms with Gasteiger partial charge in [-0.15, -0.1) is 0 Å². The van der Waals surface area contributed by atoms with Crippen molar-refractivity contribution in [3.63, 3.8) is 0 Å². The molecule has 2 saturated heterocycles. The third kappa shape index (κ3) is 4.69. The molecule has 5 heterocycles. The number of rotatable bonds is 7. The molecule has 0 radical (unpaired) electrons. The molecule has 1 saturated carbocycles. The zero-order chi connectivity index (χ0) is 24.6. The molecule has 3 aliphatic rings. The molecule has 0 spiro atoms. The molecule has 0 bridgehead atoms. The van der Waals surface area contributed by atoms with Crippen molar-refractivity contribution < 1.29 is 4.79 Å². The SMILES string of the molecule is C=CC(=O)N1CCCC(Nc2nc(Nc3cnn(C4CCN(C)CC4)c3)nc3[nH]cc(C4CC4)c23)C1. The Morgan fingerprint density at radius 3 is 2.78 bits per heavy atom. The van der Waals surface area contributed by atoms with E-state index in [1.54, 1.807) is 0 Å². The van der Waals surface area contributed by atoms with E-state index in [1.807, 2.05) is 11.1 Å². The van der Waals surface area contributed by atoms with Gasteiger partial charge in [0.05, 0.1) is 23.3 Å². The van der Waals surface area contributed by atoms with E-state index in [-0.39, 0.29) is 11.9 Å². The van der Waals surface area contributed by atoms with Gasteiger partial charge in [-0.3, -0.25) is 9.48 Å². The van der Waals surface area contributed by atoms with Crippen LogP contribution in [0.4, 0.5) is 17.5 Å². The van der Waals surface area contributed by atoms with Gasteiger partial charge in [0.2, 0.25) is 11.9 Å². The molecule has 3 fully saturated rings. The van der Waals surface area contributed by atoms with E-state index in [4.69, 9.17) is 9.97 Å². The van der Waals surface area contributed by atoms with Crippen LogP contribution in [0, 0.1) is 0 Å². The minimum Gasteiger partial charge on any atom is -0.365 e. The maximum atomic E-state index is 12.2. The number of nitrogens with one attached hydrogen (secondary N) is 3. The normalized spacial score (nSPS) is 21.6. The van der Waals surface area contributed by atoms with Crippen molar-refractivity contribution in [2.45, 2.75) is 56.5 Å². The summed E-state index contributed by atoms with van der Waals surface area (Å²) in [7, 11) is 2.17. The first-order valence-corrected chi connectivity index (χ1v) is 13.1. The van der Waals surface area contributed by atoms with Crippen LogP contribution in [0.1, 0.15) is 56.0 Å². The predicted octanol–water partition coefficient (Wildman–Crippen LogP) is 3.63. The maximum absolute atomic E-state index is 12.2. The number of aromatic amines is 1. The summed E-state index contributed by atoms with van der Waals surface area (Å²) in [6, 6.07) is 0.553. The number of hydrogen-bond acceptors (Lipinski definition) is 7. The second-order valence-electron chi connectivity index (χ2n) is 10.5. The van der Waals surface area contributed by atoms with E-state index >= 15 is 0 Å². The van der Waals surface area contributed by atoms with Crippen molar-refractivity contribution >= 4 is 34.4 Å². The zero-order valence-electron chi connectivity index (χ0n) is 20.9. The first kappa shape index (κ1) is 23.0. The standard InChI is InChI=1S/C26H35N9O/c1-3-22(36)34-10-4-5-18(15-34)29-25-23-21(17-6-7-17)14-27-24(23)31-26(32-25)30-19-13-28-35(16-19)20-8-11-33(2)12-9-20/h3,13-14,16-18,20H,1,4-12,15H2,2H3,(H3,27,29,30,31,32). The number of likely N-dealkylation sites (tertiary alicyclic amines) is 2. The fourth-order valence-electron chi connectivity index (χ4n) is 5.54. The summed E-state index contributed by atoms with van der Waals surface area (Å²) in [6.07, 6.45) is 13.9. The lowest BCUT2D eigenvalue weighted by Gasteiger charge is -2.33. The maximum Gasteiger partial charge on any atom is 0.246 e. The van der Waals surface area contributed by atoms with Crippen LogP contribution >= 0.6 is 0 Å². The van der Waals surface area contributed by atoms with E-state index in [1.165, 1.54) is 24.5 Å². The Morgan fingerprint density at radius 2 is 2.00 bits per heavy atom. The van der Waals surface area contributed by atoms with Gasteiger partial charge in [0.1, 0.15) is 11.5 Å². The van der Waals surface area contributed by atoms with Gasteiger partial charge in [-0.1, -0.05) is 6.58 Å². The molecule has 10 nitrogen and oxygen atoms in total. The van der Waals surface area contributed by atoms with Crippen molar-refractivity contribution in [2.24, 2.45) is 0 Å². The summed E-state index contributed by atoms with van der Waals surface area (Å²) in [6.45, 7) is 7.25. The molecule has 1 atom stereocenters. The Bertz CT molecular complexity index is 1250. The quantitative estimate of drug-likeness (QED) is 0.435. The first-order valence-electron chi connectivity index (χ1n) is 13.1. The Labute approximate surface area is 211 Å². The smallest absolute Gasteiger partial charge is 0.246 e. The van der Waals surface area contributed by atoms with Crippen LogP contribution in [0.2, 0.25) is 0 Å². The van der Waals surface area contributed by atoms with E-state index in [9.17, 15) is 4.79 Å². The Hall–Kier alpha value is -3.40. The van der Waals surface area contributed by atoms with E-state index in [0.717, 1.165) is 67.9 Å². The summed E-state index contributed by atoms with van der Waals surface area (Å²) in [5.41, 5.74) is 2.99. The summed E-state index contributed by atoms with van der Waals surface area (Å²) in [5.74, 6) is 1.91. The number of anilines is 3. The van der Waals surface area contributed by atoms with Crippen LogP contribution in [0.3, 0.4) is 0 Å². The molecule has 1 aliphatic carbocycles. The van der Waals surface area contributed by atoms with Crippen LogP contribution in [0.5, 0.6) is 0 Å². The number of hydrogen-bond donors (Lipinski definition) is 3. The summed E-state index contributed by atoms with van der Waals surface area (Å²) < 4.78 is 2.07. The van der Waals surface area contributed by atoms with Gasteiger partial charge in [0.15, 0.2) is 0 Å². The number of amides is 1. The molecule has 2 aliphatic heterocycles. The number of aromatic nitrogens is 5. The van der Waals surface area contributed by atoms with Crippen LogP contribution in [0.15, 0.2) is 31.2 Å². The third-order valence-corrected chi connectivity index (χ3v) is 7.75. The Morgan fingerprint density at radius 1 is 1.17 bits per heavy atom. The van der Waals surface area contributed by atoms with Gasteiger partial charge < -0.3 is 25.4 Å². The van der Waals surface area contributed by atoms with Crippen molar-refractivity contribution in [3.05, 3.63) is 36.8 Å². The number of carbonyl (C=O) groups is 1. The van der Waals surface area contributed by atoms with Crippen molar-refractivity contribution in [1.82, 2.24) is 34.5 Å². The zero-order valence-corrected chi connectivity index (χ0v) is 20.9. The number of nitrogens with zero attached hydrogens (tertiary/aromatic N) is 6. The van der Waals surface area contributed by atoms with Crippen LogP contribution in [0.25, 0.3) is 11.0 Å². The number of carbonyl (C=O) groups excluding carboxylic acids is 1. The average molecular weight is 490 g/mol. The van der Waals surface area contributed by atoms with E-state index in [0.29, 0.717) is 24.5 Å². The minimum absolute atomic E-state index is 0.0152. The molecular formula is C26H35N9O. The molecule has 3 aromatic heterocycles. The predicted molar refractivity (Wildman–Crippen MR) is 141 cm³/mol. The van der Waals surface area contributed by atoms with Gasteiger partial charge in [-0.05, 0) is 76.2 Å². The van der Waals surface area contributed by atoms with Gasteiger partial charge >= 0.3 is 0 Å². The average Bonchev–Trinajstić information content (AvgIpc) is 3.48. The molecule has 1 unspecified atom stereocenters. The van der Waals surface area contributed by atoms with Crippen molar-refractivity contribution in [1.29, 1.82) is 0 Å². The highest BCUT2D eigenvalue weighted by molar-refractivity contribution is 5.92. The Kier molecular flexibility index (Phi) is 6.12. The van der Waals surface area contributed by atoms with Crippen LogP contribution in [-0.2, 0) is 4.79 Å². The van der Waals surface area contributed by atoms with Crippen LogP contribution < -0.4 is 10.6 Å². The van der Waals surface area contributed by atoms with Gasteiger partial charge in [-0.2, -0.15) is 15.1 Å². The lowest BCUT2D eigenvalue weighted by atomic mass is 10.0. The summed E-state index contributed by atoms with van der Waals surface area (Å²) in [4.78, 5) is 29.5. The second-order valence-corrected chi connectivity index (χ2v) is 10.5. The highest BCUT2D eigenvalue weighted by atomic mass is 16.2. The summed E-state index contributed by atoms with van der Waals surface area (Å²) in [5, 5.41) is 12.7. The topological polar surface area (TPSA) is 107 Å². The summed E-state index contributed by atoms with van der Waals surface area (Å²) >= 11 is 0. The molecule has 36 heavy (non-hydrogen) atoms. The largest absolute Gasteiger partial charge is 0.365 e. The van der Waals surface area contributed by atoms with E-state index < -0.39 is 0 Å². The minimum atomic E-state index is -0.0152. The fraction of sp³-hybridized carbons (Fsp3) is 0.538. The lowest BCUT2D eigenvalue weighted by Crippen LogP contribution is -2.44. The first-order chi connectivity index (χ1) is 17.6. The molecule has 1 amide bonds. The highest BCUT2D eigenvalue weighted by Crippen LogP contribution is 2.44. The number of H-pyrrole nitrogens is 1. The number of piperidine rings is 2.